The molecule has 0 amide bonds. The van der Waals surface area contributed by atoms with E-state index < -0.39 is 0 Å². The molecule has 0 unspecified atom stereocenters. The molecule has 8 heteroatoms. The number of aldehydes is 2. The fourth-order valence-corrected chi connectivity index (χ4v) is 5.19. The summed E-state index contributed by atoms with van der Waals surface area (Å²) in [6, 6.07) is 32.2. The number of anilines is 1. The van der Waals surface area contributed by atoms with Crippen LogP contribution in [0.4, 0.5) is 5.69 Å². The normalized spacial score (nSPS) is 11.2. The molecule has 5 aromatic rings. The zero-order chi connectivity index (χ0) is 31.6. The third-order valence-corrected chi connectivity index (χ3v) is 7.76. The maximum atomic E-state index is 11.1. The molecule has 0 spiro atoms. The van der Waals surface area contributed by atoms with Crippen molar-refractivity contribution in [3.8, 4) is 45.0 Å². The van der Waals surface area contributed by atoms with E-state index in [1.54, 1.807) is 0 Å². The second-order valence-corrected chi connectivity index (χ2v) is 10.8. The molecule has 0 saturated carbocycles. The number of nitrogens with zero attached hydrogens (tertiary/aromatic N) is 5. The average Bonchev–Trinajstić information content (AvgIpc) is 3.08. The zero-order valence-corrected chi connectivity index (χ0v) is 25.8. The van der Waals surface area contributed by atoms with E-state index >= 15 is 0 Å². The van der Waals surface area contributed by atoms with E-state index in [2.05, 4.69) is 36.4 Å². The third kappa shape index (κ3) is 8.12. The van der Waals surface area contributed by atoms with Crippen LogP contribution in [0.2, 0.25) is 0 Å². The Morgan fingerprint density at radius 1 is 0.556 bits per heavy atom. The molecule has 3 heterocycles. The SMILES string of the molecule is CCN(CC=O)Cc1cccc(-c2cc(-c3ccc(-c4ccc(N)cc4)cc3)cc(-c3cccc(CN(CC)CC=O)n3)n2)n1. The number of aromatic nitrogens is 3. The number of benzene rings is 2. The van der Waals surface area contributed by atoms with Crippen LogP contribution in [-0.4, -0.2) is 63.5 Å². The molecule has 0 saturated heterocycles. The molecule has 0 fully saturated rings. The highest BCUT2D eigenvalue weighted by Gasteiger charge is 2.14. The number of carbonyl (C=O) groups is 2. The predicted octanol–water partition coefficient (Wildman–Crippen LogP) is 6.16. The van der Waals surface area contributed by atoms with Crippen LogP contribution in [0.3, 0.4) is 0 Å². The Morgan fingerprint density at radius 3 is 1.40 bits per heavy atom. The van der Waals surface area contributed by atoms with Crippen LogP contribution in [0, 0.1) is 0 Å². The van der Waals surface area contributed by atoms with Gasteiger partial charge in [0.05, 0.1) is 47.3 Å². The Labute approximate surface area is 264 Å². The number of hydrogen-bond donors (Lipinski definition) is 1. The predicted molar refractivity (Wildman–Crippen MR) is 180 cm³/mol. The summed E-state index contributed by atoms with van der Waals surface area (Å²) in [5.41, 5.74) is 15.5. The molecule has 0 aliphatic rings. The highest BCUT2D eigenvalue weighted by Crippen LogP contribution is 2.31. The molecule has 0 bridgehead atoms. The minimum absolute atomic E-state index is 0.358. The van der Waals surface area contributed by atoms with Crippen LogP contribution >= 0.6 is 0 Å². The van der Waals surface area contributed by atoms with Gasteiger partial charge in [-0.15, -0.1) is 0 Å². The van der Waals surface area contributed by atoms with Gasteiger partial charge in [0, 0.05) is 18.8 Å². The van der Waals surface area contributed by atoms with Crippen LogP contribution in [0.25, 0.3) is 45.0 Å². The van der Waals surface area contributed by atoms with Crippen molar-refractivity contribution >= 4 is 18.3 Å². The van der Waals surface area contributed by atoms with Crippen LogP contribution in [-0.2, 0) is 22.7 Å². The molecular formula is C37H38N6O2. The number of pyridine rings is 3. The van der Waals surface area contributed by atoms with Crippen molar-refractivity contribution in [3.05, 3.63) is 108 Å². The van der Waals surface area contributed by atoms with Gasteiger partial charge in [-0.1, -0.05) is 62.4 Å². The lowest BCUT2D eigenvalue weighted by Crippen LogP contribution is -2.25. The Morgan fingerprint density at radius 2 is 0.978 bits per heavy atom. The van der Waals surface area contributed by atoms with Gasteiger partial charge in [0.2, 0.25) is 0 Å². The molecule has 0 aliphatic heterocycles. The highest BCUT2D eigenvalue weighted by atomic mass is 16.1. The van der Waals surface area contributed by atoms with E-state index in [1.165, 1.54) is 0 Å². The maximum absolute atomic E-state index is 11.1. The summed E-state index contributed by atoms with van der Waals surface area (Å²) in [4.78, 5) is 41.3. The topological polar surface area (TPSA) is 105 Å². The Kier molecular flexibility index (Phi) is 10.5. The van der Waals surface area contributed by atoms with Crippen molar-refractivity contribution in [3.63, 3.8) is 0 Å². The van der Waals surface area contributed by atoms with Crippen molar-refractivity contribution < 1.29 is 9.59 Å². The molecule has 0 radical (unpaired) electrons. The van der Waals surface area contributed by atoms with E-state index in [0.29, 0.717) is 26.2 Å². The smallest absolute Gasteiger partial charge is 0.133 e. The van der Waals surface area contributed by atoms with Gasteiger partial charge in [-0.2, -0.15) is 0 Å². The lowest BCUT2D eigenvalue weighted by molar-refractivity contribution is -0.109. The summed E-state index contributed by atoms with van der Waals surface area (Å²) in [6.45, 7) is 7.42. The van der Waals surface area contributed by atoms with E-state index in [0.717, 1.165) is 87.8 Å². The van der Waals surface area contributed by atoms with Crippen LogP contribution in [0.15, 0.2) is 97.1 Å². The number of carbonyl (C=O) groups excluding carboxylic acids is 2. The average molecular weight is 599 g/mol. The molecule has 228 valence electrons. The van der Waals surface area contributed by atoms with Gasteiger partial charge in [0.15, 0.2) is 0 Å². The first-order chi connectivity index (χ1) is 22.0. The Bertz CT molecular complexity index is 1660. The Hall–Kier alpha value is -5.05. The molecule has 0 atom stereocenters. The number of nitrogens with two attached hydrogens (primary N) is 1. The molecule has 0 aliphatic carbocycles. The van der Waals surface area contributed by atoms with E-state index in [1.807, 2.05) is 84.3 Å². The zero-order valence-electron chi connectivity index (χ0n) is 25.8. The highest BCUT2D eigenvalue weighted by molar-refractivity contribution is 5.77. The van der Waals surface area contributed by atoms with Gasteiger partial charge in [-0.3, -0.25) is 9.80 Å². The lowest BCUT2D eigenvalue weighted by Gasteiger charge is -2.17. The lowest BCUT2D eigenvalue weighted by atomic mass is 9.99. The minimum Gasteiger partial charge on any atom is -0.399 e. The van der Waals surface area contributed by atoms with Crippen molar-refractivity contribution in [2.24, 2.45) is 0 Å². The Balaban J connectivity index is 1.55. The van der Waals surface area contributed by atoms with Crippen molar-refractivity contribution in [1.29, 1.82) is 0 Å². The fourth-order valence-electron chi connectivity index (χ4n) is 5.19. The number of hydrogen-bond acceptors (Lipinski definition) is 8. The summed E-state index contributed by atoms with van der Waals surface area (Å²) in [5, 5.41) is 0. The molecule has 8 nitrogen and oxygen atoms in total. The van der Waals surface area contributed by atoms with Gasteiger partial charge in [0.1, 0.15) is 12.6 Å². The second kappa shape index (κ2) is 15.1. The van der Waals surface area contributed by atoms with Crippen molar-refractivity contribution in [2.45, 2.75) is 26.9 Å². The molecule has 2 N–H and O–H groups in total. The van der Waals surface area contributed by atoms with Crippen LogP contribution in [0.1, 0.15) is 25.2 Å². The van der Waals surface area contributed by atoms with Crippen molar-refractivity contribution in [1.82, 2.24) is 24.8 Å². The summed E-state index contributed by atoms with van der Waals surface area (Å²) in [5.74, 6) is 0. The van der Waals surface area contributed by atoms with Gasteiger partial charge in [-0.05, 0) is 83.9 Å². The maximum Gasteiger partial charge on any atom is 0.133 e. The minimum atomic E-state index is 0.358. The standard InChI is InChI=1S/C37H38N6O2/c1-3-42(19-21-44)25-32-7-5-9-34(39-32)36-23-30(29-13-11-27(12-14-29)28-15-17-31(38)18-16-28)24-37(41-36)35-10-6-8-33(40-35)26-43(4-2)20-22-45/h5-18,21-24H,3-4,19-20,25-26,38H2,1-2H3. The number of likely N-dealkylation sites (N-methyl/N-ethyl adjacent to an activating group) is 2. The van der Waals surface area contributed by atoms with Crippen LogP contribution < -0.4 is 5.73 Å². The molecule has 45 heavy (non-hydrogen) atoms. The van der Waals surface area contributed by atoms with Gasteiger partial charge >= 0.3 is 0 Å². The fraction of sp³-hybridized carbons (Fsp3) is 0.216. The molecule has 3 aromatic heterocycles. The van der Waals surface area contributed by atoms with E-state index in [4.69, 9.17) is 20.7 Å². The first-order valence-electron chi connectivity index (χ1n) is 15.2. The van der Waals surface area contributed by atoms with Gasteiger partial charge in [-0.25, -0.2) is 15.0 Å². The largest absolute Gasteiger partial charge is 0.399 e. The molecular weight excluding hydrogens is 560 g/mol. The van der Waals surface area contributed by atoms with E-state index in [9.17, 15) is 9.59 Å². The summed E-state index contributed by atoms with van der Waals surface area (Å²) in [6.07, 6.45) is 1.84. The number of rotatable bonds is 14. The molecule has 5 rings (SSSR count). The third-order valence-electron chi connectivity index (χ3n) is 7.76. The van der Waals surface area contributed by atoms with Crippen LogP contribution in [0.5, 0.6) is 0 Å². The summed E-state index contributed by atoms with van der Waals surface area (Å²) < 4.78 is 0. The van der Waals surface area contributed by atoms with Gasteiger partial charge in [0.25, 0.3) is 0 Å². The monoisotopic (exact) mass is 598 g/mol. The number of nitrogen functional groups attached to an aromatic ring is 1. The molecule has 2 aromatic carbocycles. The first kappa shape index (κ1) is 31.4. The van der Waals surface area contributed by atoms with E-state index in [-0.39, 0.29) is 0 Å². The second-order valence-electron chi connectivity index (χ2n) is 10.8. The first-order valence-corrected chi connectivity index (χ1v) is 15.2. The quantitative estimate of drug-likeness (QED) is 0.120. The van der Waals surface area contributed by atoms with Gasteiger partial charge < -0.3 is 15.3 Å². The summed E-state index contributed by atoms with van der Waals surface area (Å²) >= 11 is 0. The summed E-state index contributed by atoms with van der Waals surface area (Å²) in [7, 11) is 0. The van der Waals surface area contributed by atoms with Crippen molar-refractivity contribution in [2.75, 3.05) is 31.9 Å².